The Morgan fingerprint density at radius 1 is 1.00 bits per heavy atom. The number of alkyl carbamates (subject to hydrolysis) is 1. The quantitative estimate of drug-likeness (QED) is 0.606. The lowest BCUT2D eigenvalue weighted by Gasteiger charge is -2.33. The van der Waals surface area contributed by atoms with Crippen LogP contribution < -0.4 is 10.6 Å². The Bertz CT molecular complexity index is 940. The first-order chi connectivity index (χ1) is 15.0. The lowest BCUT2D eigenvalue weighted by Crippen LogP contribution is -2.46. The van der Waals surface area contributed by atoms with E-state index in [1.165, 1.54) is 0 Å². The maximum absolute atomic E-state index is 12.6. The minimum Gasteiger partial charge on any atom is -0.480 e. The summed E-state index contributed by atoms with van der Waals surface area (Å²) in [5.41, 5.74) is 4.60. The number of carboxylic acid groups (broad SMARTS) is 1. The van der Waals surface area contributed by atoms with E-state index in [1.807, 2.05) is 24.3 Å². The summed E-state index contributed by atoms with van der Waals surface area (Å²) in [4.78, 5) is 35.3. The van der Waals surface area contributed by atoms with Gasteiger partial charge in [0.1, 0.15) is 13.2 Å². The number of carbonyl (C=O) groups excluding carboxylic acids is 2. The summed E-state index contributed by atoms with van der Waals surface area (Å²) >= 11 is 0. The zero-order chi connectivity index (χ0) is 21.8. The number of hydrogen-bond donors (Lipinski definition) is 3. The molecule has 7 heteroatoms. The Morgan fingerprint density at radius 3 is 2.16 bits per heavy atom. The van der Waals surface area contributed by atoms with Crippen molar-refractivity contribution in [3.63, 3.8) is 0 Å². The highest BCUT2D eigenvalue weighted by molar-refractivity contribution is 5.82. The molecule has 0 heterocycles. The SMILES string of the molecule is O=C(O)CNC(=O)CC(NC(=O)OCC1c2ccccc2-c2ccccc21)C1CCC1. The van der Waals surface area contributed by atoms with Crippen LogP contribution in [-0.4, -0.2) is 42.3 Å². The summed E-state index contributed by atoms with van der Waals surface area (Å²) in [6.45, 7) is -0.219. The van der Waals surface area contributed by atoms with Gasteiger partial charge in [0, 0.05) is 18.4 Å². The standard InChI is InChI=1S/C24H26N2O5/c27-22(25-13-23(28)29)12-21(15-6-5-7-15)26-24(30)31-14-20-18-10-3-1-8-16(18)17-9-2-4-11-19(17)20/h1-4,8-11,15,20-21H,5-7,12-14H2,(H,25,27)(H,26,30)(H,28,29). The van der Waals surface area contributed by atoms with Crippen molar-refractivity contribution in [1.82, 2.24) is 10.6 Å². The fourth-order valence-electron chi connectivity index (χ4n) is 4.42. The van der Waals surface area contributed by atoms with Crippen molar-refractivity contribution in [3.8, 4) is 11.1 Å². The molecule has 0 bridgehead atoms. The van der Waals surface area contributed by atoms with Crippen molar-refractivity contribution in [2.45, 2.75) is 37.6 Å². The lowest BCUT2D eigenvalue weighted by atomic mass is 9.78. The number of fused-ring (bicyclic) bond motifs is 3. The molecule has 0 aromatic heterocycles. The van der Waals surface area contributed by atoms with Gasteiger partial charge in [0.15, 0.2) is 0 Å². The zero-order valence-electron chi connectivity index (χ0n) is 17.2. The third-order valence-electron chi connectivity index (χ3n) is 6.21. The first kappa shape index (κ1) is 20.9. The van der Waals surface area contributed by atoms with Crippen LogP contribution in [0.2, 0.25) is 0 Å². The van der Waals surface area contributed by atoms with E-state index in [0.717, 1.165) is 41.5 Å². The lowest BCUT2D eigenvalue weighted by molar-refractivity contribution is -0.138. The fraction of sp³-hybridized carbons (Fsp3) is 0.375. The van der Waals surface area contributed by atoms with E-state index in [-0.39, 0.29) is 30.9 Å². The van der Waals surface area contributed by atoms with Gasteiger partial charge in [-0.1, -0.05) is 55.0 Å². The summed E-state index contributed by atoms with van der Waals surface area (Å²) in [5, 5.41) is 13.9. The second-order valence-corrected chi connectivity index (χ2v) is 8.14. The van der Waals surface area contributed by atoms with Crippen LogP contribution in [0.4, 0.5) is 4.79 Å². The molecule has 31 heavy (non-hydrogen) atoms. The van der Waals surface area contributed by atoms with Gasteiger partial charge in [0.2, 0.25) is 5.91 Å². The molecular formula is C24H26N2O5. The highest BCUT2D eigenvalue weighted by atomic mass is 16.5. The van der Waals surface area contributed by atoms with Crippen LogP contribution >= 0.6 is 0 Å². The van der Waals surface area contributed by atoms with Gasteiger partial charge in [-0.05, 0) is 41.0 Å². The van der Waals surface area contributed by atoms with Gasteiger partial charge in [-0.25, -0.2) is 4.79 Å². The normalized spacial score (nSPS) is 15.9. The third-order valence-corrected chi connectivity index (χ3v) is 6.21. The van der Waals surface area contributed by atoms with E-state index in [4.69, 9.17) is 9.84 Å². The molecule has 162 valence electrons. The van der Waals surface area contributed by atoms with E-state index < -0.39 is 24.5 Å². The van der Waals surface area contributed by atoms with Crippen molar-refractivity contribution < 1.29 is 24.2 Å². The summed E-state index contributed by atoms with van der Waals surface area (Å²) in [6.07, 6.45) is 2.41. The van der Waals surface area contributed by atoms with Crippen LogP contribution in [0.15, 0.2) is 48.5 Å². The van der Waals surface area contributed by atoms with Gasteiger partial charge >= 0.3 is 12.1 Å². The van der Waals surface area contributed by atoms with E-state index in [2.05, 4.69) is 34.9 Å². The number of carbonyl (C=O) groups is 3. The topological polar surface area (TPSA) is 105 Å². The summed E-state index contributed by atoms with van der Waals surface area (Å²) in [6, 6.07) is 15.9. The summed E-state index contributed by atoms with van der Waals surface area (Å²) < 4.78 is 5.59. The highest BCUT2D eigenvalue weighted by Gasteiger charge is 2.32. The Kier molecular flexibility index (Phi) is 6.21. The molecule has 0 aliphatic heterocycles. The summed E-state index contributed by atoms with van der Waals surface area (Å²) in [7, 11) is 0. The van der Waals surface area contributed by atoms with Gasteiger partial charge in [-0.15, -0.1) is 0 Å². The number of nitrogens with one attached hydrogen (secondary N) is 2. The van der Waals surface area contributed by atoms with Crippen LogP contribution in [-0.2, 0) is 14.3 Å². The fourth-order valence-corrected chi connectivity index (χ4v) is 4.42. The van der Waals surface area contributed by atoms with Gasteiger partial charge < -0.3 is 20.5 Å². The molecule has 1 unspecified atom stereocenters. The molecule has 3 N–H and O–H groups in total. The predicted octanol–water partition coefficient (Wildman–Crippen LogP) is 3.28. The minimum atomic E-state index is -1.10. The number of rotatable bonds is 8. The molecule has 2 aliphatic carbocycles. The van der Waals surface area contributed by atoms with Crippen LogP contribution in [0.3, 0.4) is 0 Å². The Hall–Kier alpha value is -3.35. The molecule has 0 spiro atoms. The number of carboxylic acids is 1. The first-order valence-electron chi connectivity index (χ1n) is 10.6. The molecule has 0 saturated heterocycles. The number of ether oxygens (including phenoxy) is 1. The van der Waals surface area contributed by atoms with Crippen molar-refractivity contribution in [2.75, 3.05) is 13.2 Å². The maximum atomic E-state index is 12.6. The molecular weight excluding hydrogens is 396 g/mol. The van der Waals surface area contributed by atoms with Crippen LogP contribution in [0.1, 0.15) is 42.7 Å². The Balaban J connectivity index is 1.37. The van der Waals surface area contributed by atoms with Gasteiger partial charge in [0.05, 0.1) is 0 Å². The second-order valence-electron chi connectivity index (χ2n) is 8.14. The minimum absolute atomic E-state index is 0.0285. The van der Waals surface area contributed by atoms with E-state index >= 15 is 0 Å². The highest BCUT2D eigenvalue weighted by Crippen LogP contribution is 2.44. The number of benzene rings is 2. The number of amides is 2. The van der Waals surface area contributed by atoms with Crippen molar-refractivity contribution in [3.05, 3.63) is 59.7 Å². The van der Waals surface area contributed by atoms with E-state index in [9.17, 15) is 14.4 Å². The number of aliphatic carboxylic acids is 1. The second kappa shape index (κ2) is 9.20. The predicted molar refractivity (Wildman–Crippen MR) is 115 cm³/mol. The monoisotopic (exact) mass is 422 g/mol. The molecule has 2 aromatic carbocycles. The van der Waals surface area contributed by atoms with Gasteiger partial charge in [0.25, 0.3) is 0 Å². The summed E-state index contributed by atoms with van der Waals surface area (Å²) in [5.74, 6) is -1.31. The molecule has 0 radical (unpaired) electrons. The number of hydrogen-bond acceptors (Lipinski definition) is 4. The van der Waals surface area contributed by atoms with Crippen LogP contribution in [0.5, 0.6) is 0 Å². The van der Waals surface area contributed by atoms with E-state index in [0.29, 0.717) is 0 Å². The average molecular weight is 422 g/mol. The largest absolute Gasteiger partial charge is 0.480 e. The molecule has 7 nitrogen and oxygen atoms in total. The molecule has 2 amide bonds. The molecule has 1 fully saturated rings. The van der Waals surface area contributed by atoms with Crippen LogP contribution in [0.25, 0.3) is 11.1 Å². The van der Waals surface area contributed by atoms with Gasteiger partial charge in [-0.2, -0.15) is 0 Å². The van der Waals surface area contributed by atoms with Crippen molar-refractivity contribution >= 4 is 18.0 Å². The molecule has 1 saturated carbocycles. The Labute approximate surface area is 180 Å². The zero-order valence-corrected chi connectivity index (χ0v) is 17.2. The smallest absolute Gasteiger partial charge is 0.407 e. The molecule has 2 aliphatic rings. The Morgan fingerprint density at radius 2 is 1.61 bits per heavy atom. The van der Waals surface area contributed by atoms with Crippen molar-refractivity contribution in [1.29, 1.82) is 0 Å². The van der Waals surface area contributed by atoms with Crippen molar-refractivity contribution in [2.24, 2.45) is 5.92 Å². The average Bonchev–Trinajstić information content (AvgIpc) is 3.03. The molecule has 1 atom stereocenters. The third kappa shape index (κ3) is 4.71. The van der Waals surface area contributed by atoms with Crippen LogP contribution in [0, 0.1) is 5.92 Å². The first-order valence-corrected chi connectivity index (χ1v) is 10.6. The molecule has 2 aromatic rings. The molecule has 4 rings (SSSR count). The van der Waals surface area contributed by atoms with E-state index in [1.54, 1.807) is 0 Å². The maximum Gasteiger partial charge on any atom is 0.407 e. The van der Waals surface area contributed by atoms with Gasteiger partial charge in [-0.3, -0.25) is 9.59 Å².